The van der Waals surface area contributed by atoms with Gasteiger partial charge in [-0.25, -0.2) is 14.0 Å². The van der Waals surface area contributed by atoms with E-state index in [1.54, 1.807) is 0 Å². The number of esters is 1. The van der Waals surface area contributed by atoms with Gasteiger partial charge in [0.05, 0.1) is 15.6 Å². The Morgan fingerprint density at radius 1 is 1.19 bits per heavy atom. The van der Waals surface area contributed by atoms with Crippen LogP contribution in [0, 0.1) is 11.7 Å². The van der Waals surface area contributed by atoms with Crippen LogP contribution >= 0.6 is 23.2 Å². The number of carbonyl (C=O) groups is 3. The molecule has 1 aliphatic rings. The number of urea groups is 1. The number of benzene rings is 1. The molecule has 0 bridgehead atoms. The zero-order valence-corrected chi connectivity index (χ0v) is 15.6. The quantitative estimate of drug-likeness (QED) is 0.591. The number of carbonyl (C=O) groups excluding carboxylic acids is 3. The van der Waals surface area contributed by atoms with E-state index in [4.69, 9.17) is 27.9 Å². The molecule has 0 saturated heterocycles. The highest BCUT2D eigenvalue weighted by atomic mass is 35.5. The number of imide groups is 1. The van der Waals surface area contributed by atoms with Gasteiger partial charge in [0.15, 0.2) is 6.61 Å². The third-order valence-electron chi connectivity index (χ3n) is 4.25. The maximum atomic E-state index is 13.4. The first-order valence-corrected chi connectivity index (χ1v) is 8.95. The van der Waals surface area contributed by atoms with Crippen molar-refractivity contribution >= 4 is 41.1 Å². The summed E-state index contributed by atoms with van der Waals surface area (Å²) in [5.74, 6) is -2.30. The summed E-state index contributed by atoms with van der Waals surface area (Å²) < 4.78 is 18.2. The van der Waals surface area contributed by atoms with Crippen LogP contribution in [0.2, 0.25) is 10.0 Å². The molecule has 142 valence electrons. The molecule has 2 N–H and O–H groups in total. The van der Waals surface area contributed by atoms with E-state index in [9.17, 15) is 18.8 Å². The minimum atomic E-state index is -0.998. The summed E-state index contributed by atoms with van der Waals surface area (Å²) in [6, 6.07) is 1.26. The molecular weight excluding hydrogens is 386 g/mol. The van der Waals surface area contributed by atoms with Crippen molar-refractivity contribution in [3.63, 3.8) is 0 Å². The summed E-state index contributed by atoms with van der Waals surface area (Å²) in [6.45, 7) is 1.34. The van der Waals surface area contributed by atoms with Crippen LogP contribution in [0.25, 0.3) is 0 Å². The van der Waals surface area contributed by atoms with Gasteiger partial charge in [-0.15, -0.1) is 0 Å². The fourth-order valence-electron chi connectivity index (χ4n) is 2.79. The Labute approximate surface area is 160 Å². The molecule has 1 aromatic carbocycles. The Morgan fingerprint density at radius 2 is 1.88 bits per heavy atom. The van der Waals surface area contributed by atoms with E-state index < -0.39 is 30.3 Å². The van der Waals surface area contributed by atoms with Crippen molar-refractivity contribution in [3.05, 3.63) is 33.6 Å². The van der Waals surface area contributed by atoms with Crippen molar-refractivity contribution < 1.29 is 23.5 Å². The Hall–Kier alpha value is -1.86. The van der Waals surface area contributed by atoms with Gasteiger partial charge < -0.3 is 10.1 Å². The maximum Gasteiger partial charge on any atom is 0.340 e. The van der Waals surface area contributed by atoms with Crippen LogP contribution in [-0.2, 0) is 9.53 Å². The molecule has 6 nitrogen and oxygen atoms in total. The lowest BCUT2D eigenvalue weighted by atomic mass is 9.86. The van der Waals surface area contributed by atoms with Gasteiger partial charge in [-0.3, -0.25) is 10.1 Å². The van der Waals surface area contributed by atoms with Crippen LogP contribution in [0.15, 0.2) is 12.1 Å². The molecular formula is C17H19Cl2FN2O4. The average molecular weight is 405 g/mol. The number of nitrogens with one attached hydrogen (secondary N) is 2. The normalized spacial score (nSPS) is 19.5. The zero-order chi connectivity index (χ0) is 19.3. The summed E-state index contributed by atoms with van der Waals surface area (Å²) in [6.07, 6.45) is 4.04. The lowest BCUT2D eigenvalue weighted by Gasteiger charge is -2.29. The fourth-order valence-corrected chi connectivity index (χ4v) is 3.25. The molecule has 0 aliphatic heterocycles. The van der Waals surface area contributed by atoms with Crippen LogP contribution in [0.3, 0.4) is 0 Å². The molecule has 3 amide bonds. The second-order valence-electron chi connectivity index (χ2n) is 6.21. The van der Waals surface area contributed by atoms with Crippen LogP contribution in [-0.4, -0.2) is 30.6 Å². The lowest BCUT2D eigenvalue weighted by Crippen LogP contribution is -2.48. The Morgan fingerprint density at radius 3 is 2.58 bits per heavy atom. The molecule has 26 heavy (non-hydrogen) atoms. The van der Waals surface area contributed by atoms with Crippen LogP contribution < -0.4 is 10.6 Å². The molecule has 0 heterocycles. The number of amides is 3. The molecule has 1 aromatic rings. The van der Waals surface area contributed by atoms with Gasteiger partial charge in [0, 0.05) is 6.04 Å². The topological polar surface area (TPSA) is 84.5 Å². The molecule has 0 aromatic heterocycles. The SMILES string of the molecule is C[C@H]1CCCC[C@@H]1NC(=O)NC(=O)COC(=O)c1cc(F)c(Cl)cc1Cl. The first kappa shape index (κ1) is 20.5. The Kier molecular flexibility index (Phi) is 7.23. The predicted octanol–water partition coefficient (Wildman–Crippen LogP) is 3.69. The molecule has 0 radical (unpaired) electrons. The molecule has 0 spiro atoms. The van der Waals surface area contributed by atoms with Crippen molar-refractivity contribution in [1.29, 1.82) is 0 Å². The highest BCUT2D eigenvalue weighted by Gasteiger charge is 2.24. The molecule has 1 saturated carbocycles. The molecule has 1 aliphatic carbocycles. The maximum absolute atomic E-state index is 13.4. The van der Waals surface area contributed by atoms with Crippen LogP contribution in [0.5, 0.6) is 0 Å². The smallest absolute Gasteiger partial charge is 0.340 e. The summed E-state index contributed by atoms with van der Waals surface area (Å²) in [5, 5.41) is 4.50. The summed E-state index contributed by atoms with van der Waals surface area (Å²) >= 11 is 11.3. The molecule has 9 heteroatoms. The highest BCUT2D eigenvalue weighted by molar-refractivity contribution is 6.36. The van der Waals surface area contributed by atoms with Crippen molar-refractivity contribution in [2.45, 2.75) is 38.6 Å². The van der Waals surface area contributed by atoms with Gasteiger partial charge in [0.2, 0.25) is 0 Å². The highest BCUT2D eigenvalue weighted by Crippen LogP contribution is 2.25. The van der Waals surface area contributed by atoms with E-state index in [2.05, 4.69) is 10.6 Å². The predicted molar refractivity (Wildman–Crippen MR) is 94.8 cm³/mol. The molecule has 1 fully saturated rings. The minimum Gasteiger partial charge on any atom is -0.452 e. The van der Waals surface area contributed by atoms with Crippen LogP contribution in [0.4, 0.5) is 9.18 Å². The van der Waals surface area contributed by atoms with Gasteiger partial charge in [-0.05, 0) is 30.9 Å². The third kappa shape index (κ3) is 5.57. The monoisotopic (exact) mass is 404 g/mol. The first-order chi connectivity index (χ1) is 12.3. The summed E-state index contributed by atoms with van der Waals surface area (Å²) in [5.41, 5.74) is -0.262. The second kappa shape index (κ2) is 9.19. The van der Waals surface area contributed by atoms with Gasteiger partial charge in [-0.2, -0.15) is 0 Å². The minimum absolute atomic E-state index is 0.00921. The van der Waals surface area contributed by atoms with Crippen molar-refractivity contribution in [2.24, 2.45) is 5.92 Å². The third-order valence-corrected chi connectivity index (χ3v) is 4.85. The average Bonchev–Trinajstić information content (AvgIpc) is 2.58. The van der Waals surface area contributed by atoms with E-state index >= 15 is 0 Å². The van der Waals surface area contributed by atoms with E-state index in [1.165, 1.54) is 0 Å². The van der Waals surface area contributed by atoms with E-state index in [0.717, 1.165) is 37.8 Å². The van der Waals surface area contributed by atoms with Gasteiger partial charge in [0.25, 0.3) is 5.91 Å². The first-order valence-electron chi connectivity index (χ1n) is 8.20. The number of rotatable bonds is 4. The standard InChI is InChI=1S/C17H19Cl2FN2O4/c1-9-4-2-3-5-14(9)21-17(25)22-15(23)8-26-16(24)10-6-13(20)12(19)7-11(10)18/h6-7,9,14H,2-5,8H2,1H3,(H2,21,22,23,25)/t9-,14-/m0/s1. The van der Waals surface area contributed by atoms with Gasteiger partial charge >= 0.3 is 12.0 Å². The lowest BCUT2D eigenvalue weighted by molar-refractivity contribution is -0.123. The Balaban J connectivity index is 1.81. The van der Waals surface area contributed by atoms with Crippen molar-refractivity contribution in [2.75, 3.05) is 6.61 Å². The number of hydrogen-bond donors (Lipinski definition) is 2. The zero-order valence-electron chi connectivity index (χ0n) is 14.1. The number of ether oxygens (including phenoxy) is 1. The van der Waals surface area contributed by atoms with Gasteiger partial charge in [-0.1, -0.05) is 43.0 Å². The van der Waals surface area contributed by atoms with E-state index in [-0.39, 0.29) is 21.7 Å². The second-order valence-corrected chi connectivity index (χ2v) is 7.03. The molecule has 2 rings (SSSR count). The Bertz CT molecular complexity index is 714. The van der Waals surface area contributed by atoms with E-state index in [1.807, 2.05) is 6.92 Å². The summed E-state index contributed by atoms with van der Waals surface area (Å²) in [4.78, 5) is 35.5. The van der Waals surface area contributed by atoms with Crippen molar-refractivity contribution in [3.8, 4) is 0 Å². The van der Waals surface area contributed by atoms with E-state index in [0.29, 0.717) is 5.92 Å². The number of halogens is 3. The van der Waals surface area contributed by atoms with Crippen LogP contribution in [0.1, 0.15) is 43.0 Å². The molecule has 0 unspecified atom stereocenters. The van der Waals surface area contributed by atoms with Crippen molar-refractivity contribution in [1.82, 2.24) is 10.6 Å². The molecule has 2 atom stereocenters. The van der Waals surface area contributed by atoms with Gasteiger partial charge in [0.1, 0.15) is 5.82 Å². The summed E-state index contributed by atoms with van der Waals surface area (Å²) in [7, 11) is 0. The fraction of sp³-hybridized carbons (Fsp3) is 0.471. The largest absolute Gasteiger partial charge is 0.452 e. The number of hydrogen-bond acceptors (Lipinski definition) is 4.